The molecule has 2 rings (SSSR count). The fourth-order valence-electron chi connectivity index (χ4n) is 2.33. The summed E-state index contributed by atoms with van der Waals surface area (Å²) in [5.74, 6) is -0.0304. The Labute approximate surface area is 132 Å². The summed E-state index contributed by atoms with van der Waals surface area (Å²) in [5.41, 5.74) is -1.41. The second kappa shape index (κ2) is 8.28. The van der Waals surface area contributed by atoms with Crippen molar-refractivity contribution in [1.82, 2.24) is 0 Å². The number of nitrogens with zero attached hydrogens (tertiary/aromatic N) is 1. The van der Waals surface area contributed by atoms with E-state index in [1.165, 1.54) is 0 Å². The van der Waals surface area contributed by atoms with Crippen molar-refractivity contribution >= 4 is 16.7 Å². The van der Waals surface area contributed by atoms with E-state index in [1.54, 1.807) is 24.3 Å². The molecule has 0 unspecified atom stereocenters. The minimum absolute atomic E-state index is 0.0304. The average molecular weight is 321 g/mol. The average Bonchev–Trinajstić information content (AvgIpc) is 2.53. The molecule has 0 saturated carbocycles. The summed E-state index contributed by atoms with van der Waals surface area (Å²) in [6.07, 6.45) is 4.29. The van der Waals surface area contributed by atoms with E-state index < -0.39 is 16.2 Å². The molecule has 0 aliphatic rings. The Bertz CT molecular complexity index is 724. The minimum Gasteiger partial charge on any atom is -0.486 e. The first-order valence-electron chi connectivity index (χ1n) is 7.59. The van der Waals surface area contributed by atoms with Gasteiger partial charge in [0.25, 0.3) is 0 Å². The second-order valence-corrected chi connectivity index (χ2v) is 5.16. The molecule has 124 valence electrons. The van der Waals surface area contributed by atoms with Crippen LogP contribution in [-0.4, -0.2) is 23.2 Å². The third-order valence-corrected chi connectivity index (χ3v) is 3.47. The number of ether oxygens (including phenoxy) is 1. The van der Waals surface area contributed by atoms with Crippen molar-refractivity contribution in [3.8, 4) is 5.75 Å². The van der Waals surface area contributed by atoms with Crippen LogP contribution in [0.15, 0.2) is 33.5 Å². The molecular formula is C16H19NO6. The first kappa shape index (κ1) is 17.0. The Balaban J connectivity index is 2.13. The zero-order chi connectivity index (χ0) is 16.7. The highest BCUT2D eigenvalue weighted by Gasteiger charge is 2.26. The van der Waals surface area contributed by atoms with Crippen LogP contribution in [-0.2, 0) is 0 Å². The summed E-state index contributed by atoms with van der Waals surface area (Å²) >= 11 is 0. The first-order valence-corrected chi connectivity index (χ1v) is 7.59. The molecule has 1 N–H and O–H groups in total. The number of benzene rings is 1. The summed E-state index contributed by atoms with van der Waals surface area (Å²) in [5, 5.41) is 20.3. The smallest absolute Gasteiger partial charge is 0.419 e. The second-order valence-electron chi connectivity index (χ2n) is 5.16. The van der Waals surface area contributed by atoms with Crippen molar-refractivity contribution in [1.29, 1.82) is 0 Å². The molecule has 1 heterocycles. The van der Waals surface area contributed by atoms with Crippen molar-refractivity contribution in [2.24, 2.45) is 0 Å². The zero-order valence-corrected chi connectivity index (χ0v) is 12.7. The zero-order valence-electron chi connectivity index (χ0n) is 12.7. The lowest BCUT2D eigenvalue weighted by Crippen LogP contribution is -2.11. The van der Waals surface area contributed by atoms with Crippen molar-refractivity contribution in [2.75, 3.05) is 13.2 Å². The lowest BCUT2D eigenvalue weighted by atomic mass is 10.1. The maximum absolute atomic E-state index is 11.8. The SMILES string of the molecule is O=c1oc2ccccc2c(OCCCCCCCO)c1[N+](=O)[O-]. The fraction of sp³-hybridized carbons (Fsp3) is 0.438. The molecule has 0 fully saturated rings. The Morgan fingerprint density at radius 3 is 2.57 bits per heavy atom. The summed E-state index contributed by atoms with van der Waals surface area (Å²) in [7, 11) is 0. The maximum atomic E-state index is 11.8. The Morgan fingerprint density at radius 1 is 1.13 bits per heavy atom. The van der Waals surface area contributed by atoms with Gasteiger partial charge in [-0.05, 0) is 25.0 Å². The normalized spacial score (nSPS) is 10.8. The van der Waals surface area contributed by atoms with Crippen LogP contribution in [0, 0.1) is 10.1 Å². The Hall–Kier alpha value is -2.41. The number of nitro groups is 1. The van der Waals surface area contributed by atoms with E-state index in [-0.39, 0.29) is 24.5 Å². The van der Waals surface area contributed by atoms with Gasteiger partial charge in [-0.3, -0.25) is 10.1 Å². The van der Waals surface area contributed by atoms with E-state index >= 15 is 0 Å². The molecule has 23 heavy (non-hydrogen) atoms. The third-order valence-electron chi connectivity index (χ3n) is 3.47. The van der Waals surface area contributed by atoms with Gasteiger partial charge in [-0.25, -0.2) is 4.79 Å². The molecule has 2 aromatic rings. The topological polar surface area (TPSA) is 103 Å². The van der Waals surface area contributed by atoms with E-state index in [2.05, 4.69) is 0 Å². The van der Waals surface area contributed by atoms with Crippen LogP contribution in [0.1, 0.15) is 32.1 Å². The van der Waals surface area contributed by atoms with Gasteiger partial charge in [-0.15, -0.1) is 0 Å². The molecule has 1 aromatic carbocycles. The molecule has 7 nitrogen and oxygen atoms in total. The molecular weight excluding hydrogens is 302 g/mol. The maximum Gasteiger partial charge on any atom is 0.419 e. The number of para-hydroxylation sites is 1. The van der Waals surface area contributed by atoms with Gasteiger partial charge in [0, 0.05) is 6.61 Å². The van der Waals surface area contributed by atoms with Gasteiger partial charge >= 0.3 is 11.3 Å². The number of fused-ring (bicyclic) bond motifs is 1. The third kappa shape index (κ3) is 4.29. The minimum atomic E-state index is -1.01. The lowest BCUT2D eigenvalue weighted by molar-refractivity contribution is -0.388. The van der Waals surface area contributed by atoms with Gasteiger partial charge in [0.15, 0.2) is 0 Å². The summed E-state index contributed by atoms with van der Waals surface area (Å²) in [4.78, 5) is 22.2. The predicted octanol–water partition coefficient (Wildman–Crippen LogP) is 3.02. The first-order chi connectivity index (χ1) is 11.1. The molecule has 0 spiro atoms. The van der Waals surface area contributed by atoms with Crippen molar-refractivity contribution in [3.05, 3.63) is 44.8 Å². The van der Waals surface area contributed by atoms with Crippen LogP contribution in [0.5, 0.6) is 5.75 Å². The standard InChI is InChI=1S/C16H19NO6/c18-10-6-2-1-3-7-11-22-15-12-8-4-5-9-13(12)23-16(19)14(15)17(20)21/h4-5,8-9,18H,1-3,6-7,10-11H2. The number of unbranched alkanes of at least 4 members (excludes halogenated alkanes) is 4. The Morgan fingerprint density at radius 2 is 1.83 bits per heavy atom. The number of rotatable bonds is 9. The van der Waals surface area contributed by atoms with Crippen LogP contribution in [0.25, 0.3) is 11.0 Å². The largest absolute Gasteiger partial charge is 0.486 e. The van der Waals surface area contributed by atoms with E-state index in [0.717, 1.165) is 32.1 Å². The predicted molar refractivity (Wildman–Crippen MR) is 84.8 cm³/mol. The van der Waals surface area contributed by atoms with Crippen LogP contribution in [0.3, 0.4) is 0 Å². The Kier molecular flexibility index (Phi) is 6.10. The van der Waals surface area contributed by atoms with Gasteiger partial charge in [0.2, 0.25) is 5.75 Å². The molecule has 0 saturated heterocycles. The number of aliphatic hydroxyl groups excluding tert-OH is 1. The van der Waals surface area contributed by atoms with Crippen molar-refractivity contribution in [3.63, 3.8) is 0 Å². The highest BCUT2D eigenvalue weighted by Crippen LogP contribution is 2.32. The van der Waals surface area contributed by atoms with Gasteiger partial charge in [0.05, 0.1) is 16.9 Å². The van der Waals surface area contributed by atoms with Crippen LogP contribution >= 0.6 is 0 Å². The monoisotopic (exact) mass is 321 g/mol. The molecule has 1 aromatic heterocycles. The molecule has 0 amide bonds. The fourth-order valence-corrected chi connectivity index (χ4v) is 2.33. The summed E-state index contributed by atoms with van der Waals surface area (Å²) in [6, 6.07) is 6.58. The van der Waals surface area contributed by atoms with E-state index in [9.17, 15) is 14.9 Å². The summed E-state index contributed by atoms with van der Waals surface area (Å²) in [6.45, 7) is 0.474. The highest BCUT2D eigenvalue weighted by atomic mass is 16.6. The van der Waals surface area contributed by atoms with Gasteiger partial charge in [-0.1, -0.05) is 31.4 Å². The molecule has 0 bridgehead atoms. The van der Waals surface area contributed by atoms with Crippen molar-refractivity contribution in [2.45, 2.75) is 32.1 Å². The molecule has 0 aliphatic carbocycles. The summed E-state index contributed by atoms with van der Waals surface area (Å²) < 4.78 is 10.5. The van der Waals surface area contributed by atoms with Gasteiger partial charge < -0.3 is 14.3 Å². The number of hydrogen-bond acceptors (Lipinski definition) is 6. The van der Waals surface area contributed by atoms with Gasteiger partial charge in [-0.2, -0.15) is 0 Å². The number of hydrogen-bond donors (Lipinski definition) is 1. The molecule has 0 aliphatic heterocycles. The van der Waals surface area contributed by atoms with Crippen LogP contribution < -0.4 is 10.4 Å². The van der Waals surface area contributed by atoms with E-state index in [4.69, 9.17) is 14.3 Å². The number of aliphatic hydroxyl groups is 1. The quantitative estimate of drug-likeness (QED) is 0.329. The molecule has 0 radical (unpaired) electrons. The molecule has 0 atom stereocenters. The highest BCUT2D eigenvalue weighted by molar-refractivity contribution is 5.86. The van der Waals surface area contributed by atoms with Crippen molar-refractivity contribution < 1.29 is 19.2 Å². The van der Waals surface area contributed by atoms with Crippen LogP contribution in [0.2, 0.25) is 0 Å². The molecule has 7 heteroatoms. The van der Waals surface area contributed by atoms with Crippen LogP contribution in [0.4, 0.5) is 5.69 Å². The van der Waals surface area contributed by atoms with Gasteiger partial charge in [0.1, 0.15) is 5.58 Å². The van der Waals surface area contributed by atoms with E-state index in [0.29, 0.717) is 5.39 Å². The lowest BCUT2D eigenvalue weighted by Gasteiger charge is -2.08. The van der Waals surface area contributed by atoms with E-state index in [1.807, 2.05) is 0 Å².